The fraction of sp³-hybridized carbons (Fsp3) is 0.565. The van der Waals surface area contributed by atoms with Crippen LogP contribution in [0.25, 0.3) is 0 Å². The number of carbonyl (C=O) groups is 1. The molecule has 9 nitrogen and oxygen atoms in total. The van der Waals surface area contributed by atoms with E-state index in [-0.39, 0.29) is 6.67 Å². The highest BCUT2D eigenvalue weighted by molar-refractivity contribution is 5.81. The second kappa shape index (κ2) is 8.44. The lowest BCUT2D eigenvalue weighted by molar-refractivity contribution is -0.497. The molecule has 1 aromatic rings. The highest BCUT2D eigenvalue weighted by Crippen LogP contribution is 2.39. The quantitative estimate of drug-likeness (QED) is 0.718. The number of Topliss-reactive ketones (excluding diaryl/α,β-unsaturated/α-hetero) is 1. The highest BCUT2D eigenvalue weighted by Gasteiger charge is 2.44. The van der Waals surface area contributed by atoms with E-state index in [0.29, 0.717) is 43.5 Å². The Bertz CT molecular complexity index is 987. The van der Waals surface area contributed by atoms with Crippen molar-refractivity contribution in [2.24, 2.45) is 5.92 Å². The molecule has 170 valence electrons. The van der Waals surface area contributed by atoms with E-state index in [2.05, 4.69) is 10.3 Å². The number of ketones is 1. The van der Waals surface area contributed by atoms with Crippen LogP contribution in [0.2, 0.25) is 0 Å². The minimum atomic E-state index is 0.181. The monoisotopic (exact) mass is 439 g/mol. The number of allylic oxidation sites excluding steroid dienone is 1. The molecule has 2 fully saturated rings. The van der Waals surface area contributed by atoms with Gasteiger partial charge in [-0.15, -0.1) is 0 Å². The maximum Gasteiger partial charge on any atom is 0.305 e. The van der Waals surface area contributed by atoms with Crippen molar-refractivity contribution in [3.63, 3.8) is 0 Å². The number of ether oxygens (including phenoxy) is 1. The Hall–Kier alpha value is -3.10. The van der Waals surface area contributed by atoms with Gasteiger partial charge in [-0.25, -0.2) is 0 Å². The Kier molecular flexibility index (Phi) is 5.48. The van der Waals surface area contributed by atoms with Crippen LogP contribution < -0.4 is 20.0 Å². The van der Waals surface area contributed by atoms with Crippen molar-refractivity contribution in [2.45, 2.75) is 44.9 Å². The summed E-state index contributed by atoms with van der Waals surface area (Å²) >= 11 is 0. The van der Waals surface area contributed by atoms with Crippen molar-refractivity contribution in [3.8, 4) is 5.88 Å². The number of piperidine rings is 1. The number of likely N-dealkylation sites (N-methyl/N-ethyl adjacent to an activating group) is 1. The molecule has 0 radical (unpaired) electrons. The molecule has 1 saturated heterocycles. The normalized spacial score (nSPS) is 22.2. The van der Waals surface area contributed by atoms with Gasteiger partial charge >= 0.3 is 5.70 Å². The van der Waals surface area contributed by atoms with Crippen LogP contribution in [0.5, 0.6) is 5.88 Å². The average molecular weight is 440 g/mol. The third-order valence-electron chi connectivity index (χ3n) is 6.94. The molecule has 0 atom stereocenters. The van der Waals surface area contributed by atoms with Crippen LogP contribution in [0.1, 0.15) is 44.9 Å². The van der Waals surface area contributed by atoms with Crippen LogP contribution in [0.4, 0.5) is 11.5 Å². The maximum atomic E-state index is 13.2. The van der Waals surface area contributed by atoms with Crippen LogP contribution in [0.15, 0.2) is 35.4 Å². The van der Waals surface area contributed by atoms with Crippen LogP contribution in [0.3, 0.4) is 0 Å². The third-order valence-corrected chi connectivity index (χ3v) is 6.94. The second-order valence-corrected chi connectivity index (χ2v) is 9.00. The first kappa shape index (κ1) is 20.8. The van der Waals surface area contributed by atoms with Gasteiger partial charge in [-0.1, -0.05) is 19.3 Å². The van der Waals surface area contributed by atoms with E-state index in [4.69, 9.17) is 9.72 Å². The number of anilines is 2. The summed E-state index contributed by atoms with van der Waals surface area (Å²) in [7, 11) is 3.55. The number of nitrogens with one attached hydrogen (secondary N) is 1. The highest BCUT2D eigenvalue weighted by atomic mass is 16.5. The Labute approximate surface area is 188 Å². The molecule has 3 aliphatic heterocycles. The molecule has 0 unspecified atom stereocenters. The first-order valence-corrected chi connectivity index (χ1v) is 11.5. The van der Waals surface area contributed by atoms with E-state index < -0.39 is 0 Å². The zero-order valence-corrected chi connectivity index (χ0v) is 18.8. The number of hydrazine groups is 1. The number of carbonyl (C=O) groups excluding carboxylic acids is 1. The topological polar surface area (TPSA) is 81.0 Å². The Morgan fingerprint density at radius 1 is 1.16 bits per heavy atom. The lowest BCUT2D eigenvalue weighted by Crippen LogP contribution is -2.36. The smallest absolute Gasteiger partial charge is 0.305 e. The first-order chi connectivity index (χ1) is 15.5. The SMILES string of the molecule is COc1nc(N2CCC(=O)CC2)ccc1N1C=C2C(=C(C3CCCCC3)NN2C)[N+](=O)C1. The fourth-order valence-electron chi connectivity index (χ4n) is 5.17. The molecule has 4 aliphatic rings. The van der Waals surface area contributed by atoms with E-state index in [1.54, 1.807) is 7.11 Å². The molecule has 0 bridgehead atoms. The lowest BCUT2D eigenvalue weighted by Gasteiger charge is -2.28. The zero-order chi connectivity index (χ0) is 22.2. The lowest BCUT2D eigenvalue weighted by atomic mass is 9.86. The van der Waals surface area contributed by atoms with Gasteiger partial charge in [0.1, 0.15) is 23.0 Å². The molecular weight excluding hydrogens is 408 g/mol. The molecule has 0 amide bonds. The van der Waals surface area contributed by atoms with Crippen LogP contribution in [0, 0.1) is 10.8 Å². The molecule has 32 heavy (non-hydrogen) atoms. The van der Waals surface area contributed by atoms with Crippen molar-refractivity contribution in [1.82, 2.24) is 15.4 Å². The van der Waals surface area contributed by atoms with Crippen molar-refractivity contribution in [1.29, 1.82) is 0 Å². The Balaban J connectivity index is 1.44. The van der Waals surface area contributed by atoms with Crippen molar-refractivity contribution >= 4 is 17.3 Å². The summed E-state index contributed by atoms with van der Waals surface area (Å²) in [5.74, 6) is 1.98. The molecular formula is C23H31N6O3+. The molecule has 1 N–H and O–H groups in total. The number of pyridine rings is 1. The van der Waals surface area contributed by atoms with Gasteiger partial charge in [0.25, 0.3) is 6.67 Å². The number of fused-ring (bicyclic) bond motifs is 1. The summed E-state index contributed by atoms with van der Waals surface area (Å²) in [6.07, 6.45) is 9.08. The van der Waals surface area contributed by atoms with Gasteiger partial charge in [0, 0.05) is 50.0 Å². The largest absolute Gasteiger partial charge is 0.479 e. The second-order valence-electron chi connectivity index (χ2n) is 9.00. The maximum absolute atomic E-state index is 13.2. The van der Waals surface area contributed by atoms with Gasteiger partial charge in [0.05, 0.1) is 11.9 Å². The Morgan fingerprint density at radius 3 is 2.62 bits per heavy atom. The van der Waals surface area contributed by atoms with Gasteiger partial charge in [-0.3, -0.25) is 20.1 Å². The summed E-state index contributed by atoms with van der Waals surface area (Å²) in [5, 5.41) is 1.94. The molecule has 4 heterocycles. The first-order valence-electron chi connectivity index (χ1n) is 11.5. The molecule has 0 spiro atoms. The van der Waals surface area contributed by atoms with Crippen LogP contribution in [-0.2, 0) is 4.79 Å². The predicted octanol–water partition coefficient (Wildman–Crippen LogP) is 2.90. The number of hydrogen-bond donors (Lipinski definition) is 1. The van der Waals surface area contributed by atoms with Gasteiger partial charge < -0.3 is 9.64 Å². The van der Waals surface area contributed by atoms with E-state index in [9.17, 15) is 9.70 Å². The molecule has 9 heteroatoms. The number of rotatable bonds is 4. The third kappa shape index (κ3) is 3.69. The number of nitrogens with zero attached hydrogens (tertiary/aromatic N) is 5. The molecule has 0 aromatic carbocycles. The van der Waals surface area contributed by atoms with Crippen molar-refractivity contribution < 1.29 is 14.3 Å². The molecule has 1 aromatic heterocycles. The zero-order valence-electron chi connectivity index (χ0n) is 18.8. The standard InChI is InChI=1S/C23H31N6O3/c1-26-19-14-28(15-29(31)22(19)21(25-26)16-6-4-3-5-7-16)18-8-9-20(24-23(18)32-2)27-12-10-17(30)11-13-27/h8-9,14,16,25H,3-7,10-13,15H2,1-2H3/q+1. The summed E-state index contributed by atoms with van der Waals surface area (Å²) in [5.41, 5.74) is 6.89. The summed E-state index contributed by atoms with van der Waals surface area (Å²) < 4.78 is 6.69. The van der Waals surface area contributed by atoms with E-state index in [1.807, 2.05) is 35.3 Å². The van der Waals surface area contributed by atoms with E-state index in [1.165, 1.54) is 19.3 Å². The van der Waals surface area contributed by atoms with Crippen molar-refractivity contribution in [3.05, 3.63) is 40.3 Å². The number of aromatic nitrogens is 1. The van der Waals surface area contributed by atoms with Gasteiger partial charge in [-0.2, -0.15) is 4.98 Å². The summed E-state index contributed by atoms with van der Waals surface area (Å²) in [6, 6.07) is 3.89. The number of methoxy groups -OCH3 is 1. The van der Waals surface area contributed by atoms with Crippen LogP contribution in [-0.4, -0.2) is 54.5 Å². The average Bonchev–Trinajstić information content (AvgIpc) is 3.16. The number of nitroso groups, excluding NO2 is 1. The fourth-order valence-corrected chi connectivity index (χ4v) is 5.17. The van der Waals surface area contributed by atoms with Crippen LogP contribution >= 0.6 is 0 Å². The van der Waals surface area contributed by atoms with Gasteiger partial charge in [-0.05, 0) is 25.0 Å². The summed E-state index contributed by atoms with van der Waals surface area (Å²) in [6.45, 7) is 1.52. The molecule has 1 aliphatic carbocycles. The Morgan fingerprint density at radius 2 is 1.91 bits per heavy atom. The van der Waals surface area contributed by atoms with Crippen molar-refractivity contribution in [2.75, 3.05) is 43.7 Å². The van der Waals surface area contributed by atoms with E-state index in [0.717, 1.165) is 46.2 Å². The minimum absolute atomic E-state index is 0.181. The summed E-state index contributed by atoms with van der Waals surface area (Å²) in [4.78, 5) is 33.5. The number of hydrogen-bond acceptors (Lipinski definition) is 8. The molecule has 1 saturated carbocycles. The van der Waals surface area contributed by atoms with Gasteiger partial charge in [0.15, 0.2) is 5.70 Å². The minimum Gasteiger partial charge on any atom is -0.479 e. The van der Waals surface area contributed by atoms with Gasteiger partial charge in [0.2, 0.25) is 5.88 Å². The van der Waals surface area contributed by atoms with E-state index >= 15 is 0 Å². The molecule has 5 rings (SSSR count). The predicted molar refractivity (Wildman–Crippen MR) is 121 cm³/mol.